The van der Waals surface area contributed by atoms with E-state index in [2.05, 4.69) is 42.0 Å². The van der Waals surface area contributed by atoms with Gasteiger partial charge >= 0.3 is 30.3 Å². The lowest BCUT2D eigenvalue weighted by Gasteiger charge is -2.20. The number of aliphatic carboxylic acids is 1. The molecule has 0 radical (unpaired) electrons. The number of benzene rings is 4. The van der Waals surface area contributed by atoms with Crippen molar-refractivity contribution in [2.45, 2.75) is 168 Å². The van der Waals surface area contributed by atoms with Gasteiger partial charge in [-0.15, -0.1) is 0 Å². The second-order valence-corrected chi connectivity index (χ2v) is 21.3. The Labute approximate surface area is 485 Å². The van der Waals surface area contributed by atoms with Crippen molar-refractivity contribution in [2.75, 3.05) is 45.5 Å². The highest BCUT2D eigenvalue weighted by molar-refractivity contribution is 5.99. The van der Waals surface area contributed by atoms with Gasteiger partial charge in [-0.3, -0.25) is 25.0 Å². The topological polar surface area (TPSA) is 322 Å². The van der Waals surface area contributed by atoms with Crippen LogP contribution in [-0.2, 0) is 38.1 Å². The number of nitrogens with one attached hydrogen (secondary N) is 7. The standard InChI is InChI=1S/C30H40N4O7.C21H31N3O7.C9H11NO/c1-5-39-28(37)34-25(27(36)31-20-11-10-12-22(19-20)40-21-17-18-21)15-8-9-16-26(35)32-23-13-6-7-14-24(23)33-29(38)41-30(2,3)4;1-5-30-19(28)24-16(18(26)27)12-8-9-13-17(25)22-14-10-6-7-11-15(14)23-20(29)31-21(2,3)4;10-7-2-1-3-9(6-7)11-8-4-5-8/h6-7,10-14,19,21,25H,5,8-9,15-18H2,1-4H3,(H,31,36)(H,32,35)(H,33,38)(H,34,37);6-7,10-11,16H,5,8-9,12-13H2,1-4H3,(H,22,25)(H,23,29)(H,24,28)(H,26,27);1-3,6,8H,4-5,10H2. The maximum Gasteiger partial charge on any atom is 0.412 e. The normalized spacial score (nSPS) is 13.2. The van der Waals surface area contributed by atoms with E-state index in [1.807, 2.05) is 30.3 Å². The minimum Gasteiger partial charge on any atom is -0.490 e. The van der Waals surface area contributed by atoms with E-state index < -0.39 is 59.5 Å². The first-order chi connectivity index (χ1) is 39.4. The van der Waals surface area contributed by atoms with Crippen molar-refractivity contribution in [1.82, 2.24) is 10.6 Å². The monoisotopic (exact) mass is 1150 g/mol. The van der Waals surface area contributed by atoms with E-state index in [0.29, 0.717) is 72.4 Å². The molecule has 2 aliphatic carbocycles. The van der Waals surface area contributed by atoms with Crippen LogP contribution in [0.25, 0.3) is 0 Å². The number of carbonyl (C=O) groups excluding carboxylic acids is 7. The summed E-state index contributed by atoms with van der Waals surface area (Å²) in [6, 6.07) is 26.3. The minimum atomic E-state index is -1.17. The van der Waals surface area contributed by atoms with E-state index in [0.717, 1.165) is 24.3 Å². The molecule has 0 saturated heterocycles. The second kappa shape index (κ2) is 33.9. The van der Waals surface area contributed by atoms with Gasteiger partial charge in [0.25, 0.3) is 0 Å². The fourth-order valence-electron chi connectivity index (χ4n) is 7.30. The minimum absolute atomic E-state index is 0.141. The summed E-state index contributed by atoms with van der Waals surface area (Å²) >= 11 is 0. The lowest BCUT2D eigenvalue weighted by Crippen LogP contribution is -2.44. The third kappa shape index (κ3) is 29.0. The summed E-state index contributed by atoms with van der Waals surface area (Å²) in [4.78, 5) is 96.8. The molecule has 452 valence electrons. The molecule has 0 aliphatic heterocycles. The van der Waals surface area contributed by atoms with E-state index in [1.165, 1.54) is 12.8 Å². The number of hydrogen-bond donors (Lipinski definition) is 9. The molecule has 0 aromatic heterocycles. The fraction of sp³-hybridized carbons (Fsp3) is 0.467. The molecular weight excluding hydrogens is 1070 g/mol. The molecule has 2 fully saturated rings. The van der Waals surface area contributed by atoms with Crippen LogP contribution in [0.2, 0.25) is 0 Å². The molecule has 2 saturated carbocycles. The molecule has 4 aromatic carbocycles. The van der Waals surface area contributed by atoms with E-state index in [1.54, 1.807) is 122 Å². The number of carboxylic acids is 1. The molecule has 4 aromatic rings. The van der Waals surface area contributed by atoms with Crippen molar-refractivity contribution in [3.8, 4) is 11.5 Å². The Balaban J connectivity index is 0.000000307. The van der Waals surface area contributed by atoms with Gasteiger partial charge in [-0.25, -0.2) is 24.0 Å². The Morgan fingerprint density at radius 1 is 0.518 bits per heavy atom. The summed E-state index contributed by atoms with van der Waals surface area (Å²) in [6.45, 7) is 14.1. The number of carbonyl (C=O) groups is 8. The molecular formula is C60H82N8O15. The first-order valence-electron chi connectivity index (χ1n) is 27.8. The average molecular weight is 1160 g/mol. The second-order valence-electron chi connectivity index (χ2n) is 21.3. The Hall–Kier alpha value is -8.76. The van der Waals surface area contributed by atoms with Crippen LogP contribution in [-0.4, -0.2) is 102 Å². The number of unbranched alkanes of at least 4 members (excludes halogenated alkanes) is 2. The number of nitrogens with two attached hydrogens (primary N) is 1. The Bertz CT molecular complexity index is 2770. The number of alkyl carbamates (subject to hydrolysis) is 2. The number of amides is 7. The first kappa shape index (κ1) is 66.7. The summed E-state index contributed by atoms with van der Waals surface area (Å²) in [7, 11) is 0. The van der Waals surface area contributed by atoms with Gasteiger partial charge in [0.15, 0.2) is 0 Å². The number of para-hydroxylation sites is 4. The number of hydrogen-bond acceptors (Lipinski definition) is 15. The molecule has 2 atom stereocenters. The molecule has 0 bridgehead atoms. The van der Waals surface area contributed by atoms with Crippen LogP contribution < -0.4 is 52.4 Å². The van der Waals surface area contributed by atoms with Crippen LogP contribution in [0.1, 0.15) is 132 Å². The van der Waals surface area contributed by atoms with Crippen LogP contribution >= 0.6 is 0 Å². The predicted octanol–water partition coefficient (Wildman–Crippen LogP) is 11.4. The van der Waals surface area contributed by atoms with Crippen LogP contribution in [0.4, 0.5) is 53.3 Å². The van der Waals surface area contributed by atoms with Gasteiger partial charge in [-0.05, 0) is 155 Å². The number of anilines is 6. The summed E-state index contributed by atoms with van der Waals surface area (Å²) in [5.41, 5.74) is 7.26. The van der Waals surface area contributed by atoms with Gasteiger partial charge < -0.3 is 65.8 Å². The molecule has 23 nitrogen and oxygen atoms in total. The lowest BCUT2D eigenvalue weighted by molar-refractivity contribution is -0.139. The maximum absolute atomic E-state index is 13.0. The molecule has 6 rings (SSSR count). The average Bonchev–Trinajstić information content (AvgIpc) is 4.37. The van der Waals surface area contributed by atoms with Crippen molar-refractivity contribution in [3.63, 3.8) is 0 Å². The summed E-state index contributed by atoms with van der Waals surface area (Å²) in [6.07, 6.45) is 4.93. The molecule has 23 heteroatoms. The van der Waals surface area contributed by atoms with Crippen molar-refractivity contribution in [3.05, 3.63) is 97.1 Å². The predicted molar refractivity (Wildman–Crippen MR) is 316 cm³/mol. The van der Waals surface area contributed by atoms with Gasteiger partial charge in [-0.2, -0.15) is 0 Å². The Morgan fingerprint density at radius 2 is 0.928 bits per heavy atom. The van der Waals surface area contributed by atoms with Gasteiger partial charge in [0.1, 0.15) is 34.8 Å². The van der Waals surface area contributed by atoms with E-state index in [9.17, 15) is 43.5 Å². The van der Waals surface area contributed by atoms with Crippen molar-refractivity contribution >= 4 is 82.2 Å². The molecule has 0 heterocycles. The lowest BCUT2D eigenvalue weighted by atomic mass is 10.1. The van der Waals surface area contributed by atoms with Crippen LogP contribution in [0.5, 0.6) is 11.5 Å². The van der Waals surface area contributed by atoms with Crippen molar-refractivity contribution in [2.24, 2.45) is 0 Å². The maximum atomic E-state index is 13.0. The van der Waals surface area contributed by atoms with Gasteiger partial charge in [0, 0.05) is 36.3 Å². The van der Waals surface area contributed by atoms with E-state index in [-0.39, 0.29) is 50.4 Å². The van der Waals surface area contributed by atoms with Crippen LogP contribution in [0.3, 0.4) is 0 Å². The third-order valence-electron chi connectivity index (χ3n) is 11.3. The highest BCUT2D eigenvalue weighted by atomic mass is 16.6. The number of rotatable bonds is 25. The number of carboxylic acid groups (broad SMARTS) is 1. The Morgan fingerprint density at radius 3 is 1.34 bits per heavy atom. The first-order valence-corrected chi connectivity index (χ1v) is 27.8. The number of nitrogen functional groups attached to an aromatic ring is 1. The Kier molecular flexibility index (Phi) is 27.2. The van der Waals surface area contributed by atoms with Gasteiger partial charge in [-0.1, -0.05) is 49.2 Å². The molecule has 10 N–H and O–H groups in total. The third-order valence-corrected chi connectivity index (χ3v) is 11.3. The highest BCUT2D eigenvalue weighted by Gasteiger charge is 2.26. The zero-order valence-electron chi connectivity index (χ0n) is 48.7. The zero-order valence-corrected chi connectivity index (χ0v) is 48.7. The molecule has 2 unspecified atom stereocenters. The largest absolute Gasteiger partial charge is 0.490 e. The van der Waals surface area contributed by atoms with Crippen LogP contribution in [0.15, 0.2) is 97.1 Å². The fourth-order valence-corrected chi connectivity index (χ4v) is 7.30. The smallest absolute Gasteiger partial charge is 0.412 e. The SMILES string of the molecule is CCOC(=O)NC(CCCCC(=O)Nc1ccccc1NC(=O)OC(C)(C)C)C(=O)Nc1cccc(OC2CC2)c1.CCOC(=O)NC(CCCCC(=O)Nc1ccccc1NC(=O)OC(C)(C)C)C(=O)O.Nc1cccc(OC2CC2)c1. The van der Waals surface area contributed by atoms with E-state index in [4.69, 9.17) is 29.4 Å². The van der Waals surface area contributed by atoms with Crippen molar-refractivity contribution in [1.29, 1.82) is 0 Å². The summed E-state index contributed by atoms with van der Waals surface area (Å²) in [5.74, 6) is -0.534. The molecule has 83 heavy (non-hydrogen) atoms. The zero-order chi connectivity index (χ0) is 61.0. The van der Waals surface area contributed by atoms with Crippen LogP contribution in [0, 0.1) is 0 Å². The highest BCUT2D eigenvalue weighted by Crippen LogP contribution is 2.30. The summed E-state index contributed by atoms with van der Waals surface area (Å²) < 4.78 is 31.5. The summed E-state index contributed by atoms with van der Waals surface area (Å²) in [5, 5.41) is 27.7. The van der Waals surface area contributed by atoms with Crippen molar-refractivity contribution < 1.29 is 71.9 Å². The van der Waals surface area contributed by atoms with E-state index >= 15 is 0 Å². The quantitative estimate of drug-likeness (QED) is 0.0169. The van der Waals surface area contributed by atoms with Gasteiger partial charge in [0.2, 0.25) is 17.7 Å². The number of ether oxygens (including phenoxy) is 6. The molecule has 2 aliphatic rings. The molecule has 7 amide bonds. The van der Waals surface area contributed by atoms with Gasteiger partial charge in [0.05, 0.1) is 48.2 Å². The molecule has 0 spiro atoms.